The molecule has 0 radical (unpaired) electrons. The van der Waals surface area contributed by atoms with E-state index in [1.165, 1.54) is 11.1 Å². The molecule has 2 aromatic rings. The third-order valence-corrected chi connectivity index (χ3v) is 6.06. The van der Waals surface area contributed by atoms with E-state index < -0.39 is 0 Å². The molecular weight excluding hydrogens is 364 g/mol. The molecule has 0 N–H and O–H groups in total. The highest BCUT2D eigenvalue weighted by Gasteiger charge is 2.26. The molecule has 0 spiro atoms. The van der Waals surface area contributed by atoms with Crippen LogP contribution in [0, 0.1) is 0 Å². The Labute approximate surface area is 173 Å². The van der Waals surface area contributed by atoms with E-state index in [1.54, 1.807) is 14.0 Å². The number of hydrogen-bond donors (Lipinski definition) is 0. The maximum Gasteiger partial charge on any atom is 0.223 e. The van der Waals surface area contributed by atoms with Crippen molar-refractivity contribution in [3.63, 3.8) is 0 Å². The molecule has 1 saturated heterocycles. The molecule has 2 aliphatic heterocycles. The second-order valence-corrected chi connectivity index (χ2v) is 7.79. The van der Waals surface area contributed by atoms with Crippen LogP contribution in [-0.4, -0.2) is 62.2 Å². The summed E-state index contributed by atoms with van der Waals surface area (Å²) in [6.07, 6.45) is 4.88. The molecule has 2 aliphatic rings. The molecule has 1 fully saturated rings. The Kier molecular flexibility index (Phi) is 6.00. The molecule has 29 heavy (non-hydrogen) atoms. The van der Waals surface area contributed by atoms with Gasteiger partial charge in [-0.25, -0.2) is 4.98 Å². The van der Waals surface area contributed by atoms with E-state index in [9.17, 15) is 4.79 Å². The van der Waals surface area contributed by atoms with E-state index in [-0.39, 0.29) is 5.91 Å². The minimum atomic E-state index is 0.0899. The predicted molar refractivity (Wildman–Crippen MR) is 116 cm³/mol. The molecule has 1 aromatic heterocycles. The maximum atomic E-state index is 12.1. The smallest absolute Gasteiger partial charge is 0.223 e. The summed E-state index contributed by atoms with van der Waals surface area (Å²) < 4.78 is 5.58. The van der Waals surface area contributed by atoms with Crippen LogP contribution in [0.25, 0.3) is 0 Å². The summed E-state index contributed by atoms with van der Waals surface area (Å²) in [5, 5.41) is 0. The Morgan fingerprint density at radius 3 is 2.62 bits per heavy atom. The molecule has 154 valence electrons. The van der Waals surface area contributed by atoms with E-state index in [1.807, 2.05) is 29.3 Å². The average molecular weight is 395 g/mol. The number of carbonyl (C=O) groups is 1. The summed E-state index contributed by atoms with van der Waals surface area (Å²) >= 11 is 0. The number of methoxy groups -OCH3 is 1. The first-order valence-electron chi connectivity index (χ1n) is 10.5. The molecule has 3 heterocycles. The van der Waals surface area contributed by atoms with Gasteiger partial charge in [0.25, 0.3) is 0 Å². The number of nitrogens with zero attached hydrogens (tertiary/aromatic N) is 4. The standard InChI is InChI=1S/C23H30N4O2/c1-18(28)27-12-5-6-20-19(8-9-21(29-2)23(20)27)10-13-25-14-16-26(17-15-25)22-7-3-4-11-24-22/h3-4,7-9,11H,5-6,10,12-17H2,1-2H3. The summed E-state index contributed by atoms with van der Waals surface area (Å²) in [6.45, 7) is 7.57. The minimum Gasteiger partial charge on any atom is -0.495 e. The Balaban J connectivity index is 1.42. The number of rotatable bonds is 5. The lowest BCUT2D eigenvalue weighted by molar-refractivity contribution is -0.116. The summed E-state index contributed by atoms with van der Waals surface area (Å²) in [6, 6.07) is 10.3. The van der Waals surface area contributed by atoms with Crippen LogP contribution >= 0.6 is 0 Å². The third kappa shape index (κ3) is 4.22. The molecule has 1 aromatic carbocycles. The molecule has 0 saturated carbocycles. The fourth-order valence-electron chi connectivity index (χ4n) is 4.49. The number of aromatic nitrogens is 1. The first-order valence-corrected chi connectivity index (χ1v) is 10.5. The number of carbonyl (C=O) groups excluding carboxylic acids is 1. The van der Waals surface area contributed by atoms with Crippen molar-refractivity contribution in [2.45, 2.75) is 26.2 Å². The van der Waals surface area contributed by atoms with Crippen LogP contribution < -0.4 is 14.5 Å². The van der Waals surface area contributed by atoms with E-state index in [2.05, 4.69) is 26.9 Å². The van der Waals surface area contributed by atoms with Gasteiger partial charge in [-0.05, 0) is 48.6 Å². The van der Waals surface area contributed by atoms with E-state index in [0.717, 1.165) is 75.8 Å². The minimum absolute atomic E-state index is 0.0899. The van der Waals surface area contributed by atoms with E-state index >= 15 is 0 Å². The zero-order valence-electron chi connectivity index (χ0n) is 17.4. The van der Waals surface area contributed by atoms with Crippen LogP contribution in [0.4, 0.5) is 11.5 Å². The van der Waals surface area contributed by atoms with Crippen LogP contribution in [0.5, 0.6) is 5.75 Å². The van der Waals surface area contributed by atoms with Crippen molar-refractivity contribution in [2.75, 3.05) is 56.2 Å². The van der Waals surface area contributed by atoms with Gasteiger partial charge in [0.1, 0.15) is 11.6 Å². The number of ether oxygens (including phenoxy) is 1. The number of piperazine rings is 1. The van der Waals surface area contributed by atoms with Gasteiger partial charge in [0.05, 0.1) is 12.8 Å². The Morgan fingerprint density at radius 2 is 1.93 bits per heavy atom. The molecule has 6 heteroatoms. The lowest BCUT2D eigenvalue weighted by atomic mass is 9.93. The summed E-state index contributed by atoms with van der Waals surface area (Å²) in [5.74, 6) is 1.97. The zero-order valence-corrected chi connectivity index (χ0v) is 17.4. The van der Waals surface area contributed by atoms with Crippen LogP contribution in [0.15, 0.2) is 36.5 Å². The molecule has 0 aliphatic carbocycles. The second-order valence-electron chi connectivity index (χ2n) is 7.79. The van der Waals surface area contributed by atoms with Crippen molar-refractivity contribution >= 4 is 17.4 Å². The zero-order chi connectivity index (χ0) is 20.2. The monoisotopic (exact) mass is 394 g/mol. The van der Waals surface area contributed by atoms with Gasteiger partial charge in [-0.15, -0.1) is 0 Å². The van der Waals surface area contributed by atoms with Crippen molar-refractivity contribution in [2.24, 2.45) is 0 Å². The second kappa shape index (κ2) is 8.82. The highest BCUT2D eigenvalue weighted by atomic mass is 16.5. The van der Waals surface area contributed by atoms with Gasteiger partial charge in [-0.2, -0.15) is 0 Å². The summed E-state index contributed by atoms with van der Waals surface area (Å²) in [5.41, 5.74) is 3.63. The predicted octanol–water partition coefficient (Wildman–Crippen LogP) is 2.75. The van der Waals surface area contributed by atoms with Crippen molar-refractivity contribution in [1.29, 1.82) is 0 Å². The molecule has 4 rings (SSSR count). The first kappa shape index (κ1) is 19.7. The lowest BCUT2D eigenvalue weighted by Crippen LogP contribution is -2.47. The number of pyridine rings is 1. The number of benzene rings is 1. The number of fused-ring (bicyclic) bond motifs is 1. The van der Waals surface area contributed by atoms with Crippen molar-refractivity contribution in [3.05, 3.63) is 47.7 Å². The van der Waals surface area contributed by atoms with Crippen LogP contribution in [0.1, 0.15) is 24.5 Å². The number of amides is 1. The largest absolute Gasteiger partial charge is 0.495 e. The molecule has 0 unspecified atom stereocenters. The Morgan fingerprint density at radius 1 is 1.10 bits per heavy atom. The fourth-order valence-corrected chi connectivity index (χ4v) is 4.49. The average Bonchev–Trinajstić information content (AvgIpc) is 2.78. The van der Waals surface area contributed by atoms with Gasteiger partial charge in [0.2, 0.25) is 5.91 Å². The maximum absolute atomic E-state index is 12.1. The van der Waals surface area contributed by atoms with Gasteiger partial charge in [0, 0.05) is 52.4 Å². The van der Waals surface area contributed by atoms with Gasteiger partial charge >= 0.3 is 0 Å². The molecule has 6 nitrogen and oxygen atoms in total. The molecular formula is C23H30N4O2. The quantitative estimate of drug-likeness (QED) is 0.781. The lowest BCUT2D eigenvalue weighted by Gasteiger charge is -2.36. The highest BCUT2D eigenvalue weighted by molar-refractivity contribution is 5.95. The number of hydrogen-bond acceptors (Lipinski definition) is 5. The Hall–Kier alpha value is -2.60. The van der Waals surface area contributed by atoms with Crippen molar-refractivity contribution in [3.8, 4) is 5.75 Å². The number of anilines is 2. The van der Waals surface area contributed by atoms with Gasteiger partial charge in [0.15, 0.2) is 0 Å². The van der Waals surface area contributed by atoms with E-state index in [4.69, 9.17) is 4.74 Å². The first-order chi connectivity index (χ1) is 14.2. The van der Waals surface area contributed by atoms with Crippen molar-refractivity contribution in [1.82, 2.24) is 9.88 Å². The Bertz CT molecular complexity index is 847. The van der Waals surface area contributed by atoms with Gasteiger partial charge in [-0.3, -0.25) is 9.69 Å². The van der Waals surface area contributed by atoms with Crippen molar-refractivity contribution < 1.29 is 9.53 Å². The van der Waals surface area contributed by atoms with Gasteiger partial charge in [-0.1, -0.05) is 12.1 Å². The van der Waals surface area contributed by atoms with Crippen LogP contribution in [-0.2, 0) is 17.6 Å². The molecule has 1 amide bonds. The fraction of sp³-hybridized carbons (Fsp3) is 0.478. The molecule has 0 atom stereocenters. The molecule has 0 bridgehead atoms. The van der Waals surface area contributed by atoms with Crippen LogP contribution in [0.3, 0.4) is 0 Å². The SMILES string of the molecule is COc1ccc(CCN2CCN(c3ccccn3)CC2)c2c1N(C(C)=O)CCC2. The highest BCUT2D eigenvalue weighted by Crippen LogP contribution is 2.38. The summed E-state index contributed by atoms with van der Waals surface area (Å²) in [4.78, 5) is 23.4. The third-order valence-electron chi connectivity index (χ3n) is 6.06. The topological polar surface area (TPSA) is 48.9 Å². The summed E-state index contributed by atoms with van der Waals surface area (Å²) in [7, 11) is 1.68. The normalized spacial score (nSPS) is 17.2. The van der Waals surface area contributed by atoms with E-state index in [0.29, 0.717) is 0 Å². The van der Waals surface area contributed by atoms with Gasteiger partial charge < -0.3 is 14.5 Å². The van der Waals surface area contributed by atoms with Crippen LogP contribution in [0.2, 0.25) is 0 Å².